The number of benzene rings is 8. The molecule has 11 aromatic rings. The summed E-state index contributed by atoms with van der Waals surface area (Å²) < 4.78 is 99.4. The minimum absolute atomic E-state index is 0.0533. The smallest absolute Gasteiger partial charge is 0.273 e. The average Bonchev–Trinajstić information content (AvgIpc) is 4.03. The molecular weight excluding hydrogens is 795 g/mol. The predicted molar refractivity (Wildman–Crippen MR) is 263 cm³/mol. The third-order valence-corrected chi connectivity index (χ3v) is 11.4. The van der Waals surface area contributed by atoms with Gasteiger partial charge in [-0.2, -0.15) is 4.68 Å². The molecule has 11 rings (SSSR count). The van der Waals surface area contributed by atoms with Gasteiger partial charge in [0.15, 0.2) is 5.82 Å². The van der Waals surface area contributed by atoms with Crippen LogP contribution in [0.3, 0.4) is 0 Å². The van der Waals surface area contributed by atoms with Gasteiger partial charge in [-0.3, -0.25) is 9.13 Å². The Balaban J connectivity index is 1.12. The highest BCUT2D eigenvalue weighted by Gasteiger charge is 2.23. The van der Waals surface area contributed by atoms with Crippen molar-refractivity contribution in [3.63, 3.8) is 0 Å². The number of pyridine rings is 1. The van der Waals surface area contributed by atoms with Crippen molar-refractivity contribution in [2.24, 2.45) is 0 Å². The lowest BCUT2D eigenvalue weighted by molar-refractivity contribution is -0.659. The minimum Gasteiger partial charge on any atom is -0.458 e. The Morgan fingerprint density at radius 1 is 0.569 bits per heavy atom. The maximum atomic E-state index is 9.05. The summed E-state index contributed by atoms with van der Waals surface area (Å²) in [6, 6.07) is 42.6. The molecular formula is C59H45N5O. The van der Waals surface area contributed by atoms with Crippen LogP contribution in [0.25, 0.3) is 83.8 Å². The first-order valence-electron chi connectivity index (χ1n) is 26.2. The molecule has 0 atom stereocenters. The van der Waals surface area contributed by atoms with Crippen LogP contribution in [0.2, 0.25) is 0 Å². The van der Waals surface area contributed by atoms with E-state index in [1.807, 2.05) is 103 Å². The summed E-state index contributed by atoms with van der Waals surface area (Å²) in [5.74, 6) is 2.15. The quantitative estimate of drug-likeness (QED) is 0.107. The Labute approximate surface area is 393 Å². The molecule has 0 N–H and O–H groups in total. The molecule has 0 saturated carbocycles. The maximum absolute atomic E-state index is 9.05. The van der Waals surface area contributed by atoms with E-state index < -0.39 is 60.4 Å². The van der Waals surface area contributed by atoms with Gasteiger partial charge in [-0.25, -0.2) is 4.98 Å². The maximum Gasteiger partial charge on any atom is 0.273 e. The number of aromatic nitrogens is 5. The fraction of sp³-hybridized carbons (Fsp3) is 0.0678. The molecule has 0 amide bonds. The molecule has 0 radical (unpaired) electrons. The van der Waals surface area contributed by atoms with E-state index in [1.54, 1.807) is 22.8 Å². The fourth-order valence-corrected chi connectivity index (χ4v) is 8.35. The molecule has 6 nitrogen and oxygen atoms in total. The van der Waals surface area contributed by atoms with Crippen molar-refractivity contribution in [2.75, 3.05) is 0 Å². The lowest BCUT2D eigenvalue weighted by atomic mass is 9.88. The number of hydrogen-bond donors (Lipinski definition) is 0. The zero-order valence-corrected chi connectivity index (χ0v) is 35.7. The molecule has 312 valence electrons. The normalized spacial score (nSPS) is 13.8. The van der Waals surface area contributed by atoms with Crippen molar-refractivity contribution in [3.8, 4) is 73.5 Å². The first-order chi connectivity index (χ1) is 36.0. The first-order valence-corrected chi connectivity index (χ1v) is 21.2. The van der Waals surface area contributed by atoms with Gasteiger partial charge < -0.3 is 4.74 Å². The van der Waals surface area contributed by atoms with Crippen LogP contribution in [0.4, 0.5) is 0 Å². The predicted octanol–water partition coefficient (Wildman–Crippen LogP) is 14.2. The number of fused-ring (bicyclic) bond motifs is 3. The van der Waals surface area contributed by atoms with E-state index in [4.69, 9.17) is 28.5 Å². The Bertz CT molecular complexity index is 3950. The Morgan fingerprint density at radius 3 is 1.91 bits per heavy atom. The van der Waals surface area contributed by atoms with Gasteiger partial charge in [0.2, 0.25) is 0 Å². The monoisotopic (exact) mass is 849 g/mol. The van der Waals surface area contributed by atoms with E-state index in [-0.39, 0.29) is 33.4 Å². The van der Waals surface area contributed by atoms with Gasteiger partial charge in [0, 0.05) is 28.6 Å². The molecule has 3 heterocycles. The molecule has 0 spiro atoms. The summed E-state index contributed by atoms with van der Waals surface area (Å²) in [5, 5.41) is 7.18. The van der Waals surface area contributed by atoms with E-state index >= 15 is 0 Å². The largest absolute Gasteiger partial charge is 0.458 e. The molecule has 0 unspecified atom stereocenters. The standard InChI is InChI=1S/C59H45N5O/c1-59(2,3)45-34-35-60-55(36-45)64-53-33-17-16-30-51(53)56-52(43-24-12-6-13-25-43)38-48(39-54(56)64)65-47-29-18-28-46(37-47)62-40-63(61-58(62)44-26-14-7-15-27-44)57-49(41-20-8-4-9-21-41)31-19-32-50(57)42-22-10-5-11-23-42/h4-39H,1-3H3/i4D,5D,8D,9D,10D,11D,20D,21D,22D,23D. The zero-order valence-electron chi connectivity index (χ0n) is 45.7. The van der Waals surface area contributed by atoms with E-state index in [9.17, 15) is 0 Å². The van der Waals surface area contributed by atoms with Crippen LogP contribution in [-0.2, 0) is 5.41 Å². The molecule has 65 heavy (non-hydrogen) atoms. The molecule has 0 aliphatic heterocycles. The van der Waals surface area contributed by atoms with E-state index in [0.29, 0.717) is 28.6 Å². The molecule has 8 aromatic carbocycles. The van der Waals surface area contributed by atoms with Crippen LogP contribution >= 0.6 is 0 Å². The SMILES string of the molecule is [2H]c1c([2H])c([2H])c(-c2cccc(-c3c([2H])c([2H])c([2H])c([2H])c3[2H])c2-[n+]2[c-]n(-c3cccc(Oc4cc(-c5ccccc5)c5c6ccccc6n(-c6cc(C(C)(C)C)ccn6)c5c4)c3)c(-c3ccccc3)n2)c([2H])c1[2H]. The Hall–Kier alpha value is -8.35. The number of para-hydroxylation sites is 2. The van der Waals surface area contributed by atoms with Crippen LogP contribution in [0.1, 0.15) is 40.0 Å². The van der Waals surface area contributed by atoms with Crippen molar-refractivity contribution in [2.45, 2.75) is 26.2 Å². The second-order valence-corrected chi connectivity index (χ2v) is 16.6. The van der Waals surface area contributed by atoms with Crippen LogP contribution in [0.5, 0.6) is 11.5 Å². The van der Waals surface area contributed by atoms with Crippen LogP contribution < -0.4 is 9.42 Å². The van der Waals surface area contributed by atoms with E-state index in [1.165, 1.54) is 4.68 Å². The van der Waals surface area contributed by atoms with Crippen molar-refractivity contribution in [1.29, 1.82) is 0 Å². The van der Waals surface area contributed by atoms with Crippen LogP contribution in [0, 0.1) is 6.33 Å². The Kier molecular flexibility index (Phi) is 7.54. The van der Waals surface area contributed by atoms with Gasteiger partial charge in [0.1, 0.15) is 17.3 Å². The van der Waals surface area contributed by atoms with Crippen molar-refractivity contribution in [1.82, 2.24) is 19.2 Å². The third-order valence-electron chi connectivity index (χ3n) is 11.4. The van der Waals surface area contributed by atoms with Crippen molar-refractivity contribution >= 4 is 21.8 Å². The Morgan fingerprint density at radius 2 is 1.22 bits per heavy atom. The number of hydrogen-bond acceptors (Lipinski definition) is 3. The fourth-order valence-electron chi connectivity index (χ4n) is 8.35. The highest BCUT2D eigenvalue weighted by atomic mass is 16.5. The van der Waals surface area contributed by atoms with Gasteiger partial charge >= 0.3 is 0 Å². The molecule has 3 aromatic heterocycles. The average molecular weight is 850 g/mol. The molecule has 0 saturated heterocycles. The summed E-state index contributed by atoms with van der Waals surface area (Å²) in [5.41, 5.74) is 5.91. The number of ether oxygens (including phenoxy) is 1. The minimum atomic E-state index is -0.587. The third kappa shape index (κ3) is 7.45. The second-order valence-electron chi connectivity index (χ2n) is 16.6. The number of nitrogens with zero attached hydrogens (tertiary/aromatic N) is 5. The van der Waals surface area contributed by atoms with Gasteiger partial charge in [0.25, 0.3) is 6.33 Å². The second kappa shape index (κ2) is 16.4. The van der Waals surface area contributed by atoms with Gasteiger partial charge in [-0.1, -0.05) is 190 Å². The molecule has 0 aliphatic carbocycles. The van der Waals surface area contributed by atoms with Gasteiger partial charge in [-0.05, 0) is 80.8 Å². The number of rotatable bonds is 9. The molecule has 0 aliphatic rings. The first kappa shape index (κ1) is 29.9. The van der Waals surface area contributed by atoms with E-state index in [2.05, 4.69) is 68.1 Å². The summed E-state index contributed by atoms with van der Waals surface area (Å²) in [7, 11) is 0. The molecule has 6 heteroatoms. The summed E-state index contributed by atoms with van der Waals surface area (Å²) in [6.07, 6.45) is 5.20. The van der Waals surface area contributed by atoms with Crippen LogP contribution in [-0.4, -0.2) is 19.2 Å². The highest BCUT2D eigenvalue weighted by Crippen LogP contribution is 2.42. The zero-order chi connectivity index (χ0) is 52.6. The van der Waals surface area contributed by atoms with Gasteiger partial charge in [-0.15, -0.1) is 5.10 Å². The topological polar surface area (TPSA) is 48.8 Å². The molecule has 0 fully saturated rings. The lowest BCUT2D eigenvalue weighted by Gasteiger charge is -2.20. The molecule has 0 bridgehead atoms. The van der Waals surface area contributed by atoms with Crippen molar-refractivity contribution in [3.05, 3.63) is 230 Å². The lowest BCUT2D eigenvalue weighted by Crippen LogP contribution is -2.34. The van der Waals surface area contributed by atoms with Crippen molar-refractivity contribution < 1.29 is 23.1 Å². The summed E-state index contributed by atoms with van der Waals surface area (Å²) >= 11 is 0. The summed E-state index contributed by atoms with van der Waals surface area (Å²) in [6.45, 7) is 6.54. The summed E-state index contributed by atoms with van der Waals surface area (Å²) in [4.78, 5) is 4.92. The van der Waals surface area contributed by atoms with Gasteiger partial charge in [0.05, 0.1) is 36.1 Å². The van der Waals surface area contributed by atoms with Crippen LogP contribution in [0.15, 0.2) is 218 Å². The van der Waals surface area contributed by atoms with E-state index in [0.717, 1.165) is 44.3 Å². The highest BCUT2D eigenvalue weighted by molar-refractivity contribution is 6.16.